The van der Waals surface area contributed by atoms with Crippen molar-refractivity contribution < 1.29 is 0 Å². The van der Waals surface area contributed by atoms with Crippen molar-refractivity contribution in [2.45, 2.75) is 25.8 Å². The van der Waals surface area contributed by atoms with Crippen LogP contribution >= 0.6 is 12.2 Å². The number of rotatable bonds is 4. The first-order valence-corrected chi connectivity index (χ1v) is 7.31. The van der Waals surface area contributed by atoms with Crippen LogP contribution in [-0.4, -0.2) is 15.9 Å². The Bertz CT molecular complexity index is 655. The summed E-state index contributed by atoms with van der Waals surface area (Å²) in [6.07, 6.45) is 8.00. The summed E-state index contributed by atoms with van der Waals surface area (Å²) in [6, 6.07) is 8.41. The molecule has 3 N–H and O–H groups in total. The summed E-state index contributed by atoms with van der Waals surface area (Å²) in [5.41, 5.74) is 10.3. The van der Waals surface area contributed by atoms with Crippen LogP contribution in [0.5, 0.6) is 0 Å². The Morgan fingerprint density at radius 3 is 2.95 bits per heavy atom. The lowest BCUT2D eigenvalue weighted by Crippen LogP contribution is -2.23. The van der Waals surface area contributed by atoms with Gasteiger partial charge in [-0.25, -0.2) is 0 Å². The minimum Gasteiger partial charge on any atom is -0.375 e. The third-order valence-electron chi connectivity index (χ3n) is 3.88. The Balaban J connectivity index is 1.90. The number of hydrogen-bond acceptors (Lipinski definition) is 2. The molecule has 20 heavy (non-hydrogen) atoms. The van der Waals surface area contributed by atoms with Crippen molar-refractivity contribution in [1.82, 2.24) is 9.99 Å². The maximum Gasteiger partial charge on any atom is 0.184 e. The van der Waals surface area contributed by atoms with E-state index in [0.29, 0.717) is 0 Å². The van der Waals surface area contributed by atoms with Gasteiger partial charge in [-0.3, -0.25) is 5.43 Å². The summed E-state index contributed by atoms with van der Waals surface area (Å²) in [4.78, 5) is 0. The van der Waals surface area contributed by atoms with Crippen LogP contribution in [0, 0.1) is 5.92 Å². The van der Waals surface area contributed by atoms with Gasteiger partial charge in [0.1, 0.15) is 0 Å². The molecule has 0 bridgehead atoms. The molecule has 0 amide bonds. The van der Waals surface area contributed by atoms with Crippen LogP contribution in [0.4, 0.5) is 0 Å². The molecule has 2 aromatic rings. The van der Waals surface area contributed by atoms with E-state index >= 15 is 0 Å². The molecule has 0 saturated heterocycles. The minimum atomic E-state index is 0.180. The maximum atomic E-state index is 5.37. The Morgan fingerprint density at radius 2 is 2.25 bits per heavy atom. The molecule has 104 valence electrons. The van der Waals surface area contributed by atoms with E-state index in [1.165, 1.54) is 30.2 Å². The maximum absolute atomic E-state index is 5.37. The van der Waals surface area contributed by atoms with Gasteiger partial charge >= 0.3 is 0 Å². The van der Waals surface area contributed by atoms with Gasteiger partial charge in [0.25, 0.3) is 0 Å². The molecular formula is C15H18N4S. The first-order valence-electron chi connectivity index (χ1n) is 6.90. The highest BCUT2D eigenvalue weighted by Gasteiger charge is 2.19. The van der Waals surface area contributed by atoms with E-state index in [1.54, 1.807) is 6.21 Å². The standard InChI is InChI=1S/C15H18N4S/c16-15(20)18-17-8-12-10-19(9-11-4-3-5-11)14-7-2-1-6-13(12)14/h1-2,6-8,10-11H,3-5,9H2,(H3,16,18,20). The van der Waals surface area contributed by atoms with E-state index in [0.717, 1.165) is 18.0 Å². The molecular weight excluding hydrogens is 268 g/mol. The number of hydrazone groups is 1. The highest BCUT2D eigenvalue weighted by Crippen LogP contribution is 2.30. The van der Waals surface area contributed by atoms with Crippen LogP contribution in [-0.2, 0) is 6.54 Å². The molecule has 1 saturated carbocycles. The summed E-state index contributed by atoms with van der Waals surface area (Å²) in [5.74, 6) is 0.824. The molecule has 1 aromatic carbocycles. The predicted molar refractivity (Wildman–Crippen MR) is 86.8 cm³/mol. The van der Waals surface area contributed by atoms with Gasteiger partial charge in [-0.1, -0.05) is 24.6 Å². The number of thiocarbonyl (C=S) groups is 1. The summed E-state index contributed by atoms with van der Waals surface area (Å²) in [5, 5.41) is 5.45. The summed E-state index contributed by atoms with van der Waals surface area (Å²) < 4.78 is 2.33. The SMILES string of the molecule is NC(=S)NN=Cc1cn(CC2CCC2)c2ccccc12. The molecule has 1 aliphatic rings. The normalized spacial score (nSPS) is 15.6. The fraction of sp³-hybridized carbons (Fsp3) is 0.333. The Kier molecular flexibility index (Phi) is 3.69. The molecule has 4 nitrogen and oxygen atoms in total. The molecule has 0 aliphatic heterocycles. The zero-order valence-corrected chi connectivity index (χ0v) is 12.1. The molecule has 0 atom stereocenters. The van der Waals surface area contributed by atoms with Gasteiger partial charge in [0.15, 0.2) is 5.11 Å². The van der Waals surface area contributed by atoms with Gasteiger partial charge in [-0.05, 0) is 37.0 Å². The van der Waals surface area contributed by atoms with E-state index in [1.807, 2.05) is 6.07 Å². The number of nitrogens with zero attached hydrogens (tertiary/aromatic N) is 2. The average Bonchev–Trinajstić information content (AvgIpc) is 2.72. The van der Waals surface area contributed by atoms with Gasteiger partial charge < -0.3 is 10.3 Å². The second kappa shape index (κ2) is 5.63. The number of fused-ring (bicyclic) bond motifs is 1. The van der Waals surface area contributed by atoms with Crippen LogP contribution in [0.2, 0.25) is 0 Å². The first kappa shape index (κ1) is 13.1. The van der Waals surface area contributed by atoms with Crippen molar-refractivity contribution in [1.29, 1.82) is 0 Å². The van der Waals surface area contributed by atoms with Crippen molar-refractivity contribution in [3.63, 3.8) is 0 Å². The number of para-hydroxylation sites is 1. The van der Waals surface area contributed by atoms with E-state index in [4.69, 9.17) is 18.0 Å². The number of hydrogen-bond donors (Lipinski definition) is 2. The molecule has 0 unspecified atom stereocenters. The number of nitrogens with one attached hydrogen (secondary N) is 1. The summed E-state index contributed by atoms with van der Waals surface area (Å²) >= 11 is 4.74. The van der Waals surface area contributed by atoms with Gasteiger partial charge in [0.05, 0.1) is 6.21 Å². The Labute approximate surface area is 123 Å². The van der Waals surface area contributed by atoms with Crippen molar-refractivity contribution >= 4 is 34.4 Å². The smallest absolute Gasteiger partial charge is 0.184 e. The topological polar surface area (TPSA) is 55.3 Å². The van der Waals surface area contributed by atoms with Crippen LogP contribution < -0.4 is 11.2 Å². The number of nitrogens with two attached hydrogens (primary N) is 1. The Hall–Kier alpha value is -1.88. The molecule has 1 fully saturated rings. The second-order valence-corrected chi connectivity index (χ2v) is 5.72. The zero-order chi connectivity index (χ0) is 13.9. The van der Waals surface area contributed by atoms with Gasteiger partial charge in [0, 0.05) is 29.2 Å². The van der Waals surface area contributed by atoms with Crippen LogP contribution in [0.15, 0.2) is 35.6 Å². The molecule has 3 rings (SSSR count). The van der Waals surface area contributed by atoms with Gasteiger partial charge in [0.2, 0.25) is 0 Å². The molecule has 1 aromatic heterocycles. The average molecular weight is 286 g/mol. The van der Waals surface area contributed by atoms with E-state index in [9.17, 15) is 0 Å². The molecule has 0 radical (unpaired) electrons. The van der Waals surface area contributed by atoms with E-state index in [-0.39, 0.29) is 5.11 Å². The largest absolute Gasteiger partial charge is 0.375 e. The quantitative estimate of drug-likeness (QED) is 0.516. The Morgan fingerprint density at radius 1 is 1.45 bits per heavy atom. The fourth-order valence-electron chi connectivity index (χ4n) is 2.65. The third-order valence-corrected chi connectivity index (χ3v) is 3.97. The van der Waals surface area contributed by atoms with Crippen molar-refractivity contribution in [3.05, 3.63) is 36.0 Å². The molecule has 0 spiro atoms. The van der Waals surface area contributed by atoms with Crippen molar-refractivity contribution in [3.8, 4) is 0 Å². The fourth-order valence-corrected chi connectivity index (χ4v) is 2.70. The minimum absolute atomic E-state index is 0.180. The van der Waals surface area contributed by atoms with E-state index in [2.05, 4.69) is 39.5 Å². The lowest BCUT2D eigenvalue weighted by atomic mass is 9.85. The predicted octanol–water partition coefficient (Wildman–Crippen LogP) is 2.61. The third kappa shape index (κ3) is 2.67. The monoisotopic (exact) mass is 286 g/mol. The van der Waals surface area contributed by atoms with Gasteiger partial charge in [-0.15, -0.1) is 0 Å². The van der Waals surface area contributed by atoms with Gasteiger partial charge in [-0.2, -0.15) is 5.10 Å². The number of benzene rings is 1. The number of aromatic nitrogens is 1. The van der Waals surface area contributed by atoms with Crippen LogP contribution in [0.1, 0.15) is 24.8 Å². The lowest BCUT2D eigenvalue weighted by Gasteiger charge is -2.26. The summed E-state index contributed by atoms with van der Waals surface area (Å²) in [6.45, 7) is 1.09. The molecule has 5 heteroatoms. The highest BCUT2D eigenvalue weighted by atomic mass is 32.1. The summed E-state index contributed by atoms with van der Waals surface area (Å²) in [7, 11) is 0. The first-order chi connectivity index (χ1) is 9.74. The molecule has 1 aliphatic carbocycles. The van der Waals surface area contributed by atoms with Crippen molar-refractivity contribution in [2.75, 3.05) is 0 Å². The second-order valence-electron chi connectivity index (χ2n) is 5.29. The van der Waals surface area contributed by atoms with Crippen LogP contribution in [0.25, 0.3) is 10.9 Å². The molecule has 1 heterocycles. The zero-order valence-electron chi connectivity index (χ0n) is 11.2. The van der Waals surface area contributed by atoms with E-state index < -0.39 is 0 Å². The van der Waals surface area contributed by atoms with Crippen molar-refractivity contribution in [2.24, 2.45) is 16.8 Å². The lowest BCUT2D eigenvalue weighted by molar-refractivity contribution is 0.280. The van der Waals surface area contributed by atoms with Crippen LogP contribution in [0.3, 0.4) is 0 Å². The highest BCUT2D eigenvalue weighted by molar-refractivity contribution is 7.80.